The molecule has 1 atom stereocenters. The van der Waals surface area contributed by atoms with Crippen molar-refractivity contribution in [1.29, 1.82) is 0 Å². The quantitative estimate of drug-likeness (QED) is 0.348. The van der Waals surface area contributed by atoms with Gasteiger partial charge in [-0.2, -0.15) is 44.3 Å². The number of anilines is 2. The minimum absolute atomic E-state index is 0.00478. The third-order valence-corrected chi connectivity index (χ3v) is 6.43. The molecule has 0 bridgehead atoms. The van der Waals surface area contributed by atoms with Crippen molar-refractivity contribution in [3.63, 3.8) is 0 Å². The normalized spacial score (nSPS) is 16.5. The summed E-state index contributed by atoms with van der Waals surface area (Å²) in [4.78, 5) is 14.9. The summed E-state index contributed by atoms with van der Waals surface area (Å²) in [5.41, 5.74) is -4.65. The van der Waals surface area contributed by atoms with Gasteiger partial charge in [-0.15, -0.1) is 5.10 Å². The van der Waals surface area contributed by atoms with Crippen LogP contribution in [0.1, 0.15) is 52.3 Å². The summed E-state index contributed by atoms with van der Waals surface area (Å²) in [6.45, 7) is 0.581. The third kappa shape index (κ3) is 5.99. The molecule has 4 rings (SSSR count). The predicted molar refractivity (Wildman–Crippen MR) is 123 cm³/mol. The molecule has 1 amide bonds. The molecule has 16 heteroatoms. The number of hydrogen-bond acceptors (Lipinski definition) is 5. The number of hydrogen-bond donors (Lipinski definition) is 0. The lowest BCUT2D eigenvalue weighted by Crippen LogP contribution is -2.30. The first-order valence-corrected chi connectivity index (χ1v) is 11.6. The monoisotopic (exact) mass is 579 g/mol. The Morgan fingerprint density at radius 2 is 1.57 bits per heavy atom. The highest BCUT2D eigenvalue weighted by atomic mass is 19.4. The van der Waals surface area contributed by atoms with Gasteiger partial charge in [0.05, 0.1) is 35.5 Å². The van der Waals surface area contributed by atoms with Crippen molar-refractivity contribution < 1.29 is 44.3 Å². The van der Waals surface area contributed by atoms with Crippen LogP contribution in [0, 0.1) is 6.92 Å². The average Bonchev–Trinajstić information content (AvgIpc) is 3.18. The summed E-state index contributed by atoms with van der Waals surface area (Å²) in [5, 5.41) is 11.6. The van der Waals surface area contributed by atoms with Crippen LogP contribution in [0.15, 0.2) is 30.3 Å². The maximum Gasteiger partial charge on any atom is 0.416 e. The zero-order valence-electron chi connectivity index (χ0n) is 20.8. The van der Waals surface area contributed by atoms with Gasteiger partial charge in [0.15, 0.2) is 0 Å². The molecule has 0 spiro atoms. The van der Waals surface area contributed by atoms with Crippen LogP contribution in [0.2, 0.25) is 0 Å². The number of benzene rings is 2. The van der Waals surface area contributed by atoms with E-state index in [1.165, 1.54) is 24.9 Å². The Balaban J connectivity index is 1.90. The van der Waals surface area contributed by atoms with Gasteiger partial charge >= 0.3 is 24.9 Å². The molecule has 2 heterocycles. The number of nitrogens with zero attached hydrogens (tertiary/aromatic N) is 6. The van der Waals surface area contributed by atoms with Gasteiger partial charge in [0.25, 0.3) is 5.95 Å². The van der Waals surface area contributed by atoms with Crippen LogP contribution >= 0.6 is 0 Å². The van der Waals surface area contributed by atoms with Crippen molar-refractivity contribution in [3.8, 4) is 0 Å². The molecule has 0 saturated heterocycles. The number of aromatic nitrogens is 4. The molecular formula is C24H20F9N6O. The van der Waals surface area contributed by atoms with E-state index in [2.05, 4.69) is 15.4 Å². The number of halogens is 9. The van der Waals surface area contributed by atoms with E-state index in [1.807, 2.05) is 0 Å². The summed E-state index contributed by atoms with van der Waals surface area (Å²) in [5.74, 6) is -0.189. The number of amides is 1. The van der Waals surface area contributed by atoms with Crippen LogP contribution in [0.4, 0.5) is 51.1 Å². The van der Waals surface area contributed by atoms with Crippen LogP contribution in [0.5, 0.6) is 0 Å². The predicted octanol–water partition coefficient (Wildman–Crippen LogP) is 5.99. The number of rotatable bonds is 5. The molecule has 1 aliphatic rings. The van der Waals surface area contributed by atoms with Crippen LogP contribution in [0.25, 0.3) is 0 Å². The Bertz CT molecular complexity index is 1360. The molecular weight excluding hydrogens is 559 g/mol. The molecule has 1 aromatic heterocycles. The second-order valence-electron chi connectivity index (χ2n) is 9.25. The highest BCUT2D eigenvalue weighted by Gasteiger charge is 2.39. The SMILES string of the molecule is Cc1cc2c(cc1C(F)(F)F)N([C]=O)CCC[C@@H]2N(Cc1cc(C(F)(F)F)cc(C(F)(F)F)c1)c1nnn(C)n1. The zero-order chi connectivity index (χ0) is 29.6. The lowest BCUT2D eigenvalue weighted by molar-refractivity contribution is -0.143. The van der Waals surface area contributed by atoms with E-state index in [1.54, 1.807) is 6.41 Å². The topological polar surface area (TPSA) is 67.2 Å². The summed E-state index contributed by atoms with van der Waals surface area (Å²) >= 11 is 0. The van der Waals surface area contributed by atoms with Crippen LogP contribution < -0.4 is 9.80 Å². The number of tetrazole rings is 1. The van der Waals surface area contributed by atoms with E-state index in [-0.39, 0.29) is 48.2 Å². The Labute approximate surface area is 221 Å². The fourth-order valence-corrected chi connectivity index (χ4v) is 4.68. The lowest BCUT2D eigenvalue weighted by Gasteiger charge is -2.32. The highest BCUT2D eigenvalue weighted by Crippen LogP contribution is 2.44. The van der Waals surface area contributed by atoms with Crippen molar-refractivity contribution >= 4 is 18.0 Å². The molecule has 1 radical (unpaired) electrons. The van der Waals surface area contributed by atoms with E-state index in [0.717, 1.165) is 15.8 Å². The average molecular weight is 579 g/mol. The molecule has 7 nitrogen and oxygen atoms in total. The van der Waals surface area contributed by atoms with Gasteiger partial charge in [-0.25, -0.2) is 0 Å². The second-order valence-corrected chi connectivity index (χ2v) is 9.25. The first-order chi connectivity index (χ1) is 18.5. The van der Waals surface area contributed by atoms with Crippen LogP contribution in [0.3, 0.4) is 0 Å². The van der Waals surface area contributed by atoms with Gasteiger partial charge in [0, 0.05) is 13.1 Å². The van der Waals surface area contributed by atoms with Gasteiger partial charge < -0.3 is 9.80 Å². The molecule has 0 unspecified atom stereocenters. The minimum atomic E-state index is -5.09. The molecule has 0 fully saturated rings. The highest BCUT2D eigenvalue weighted by molar-refractivity contribution is 5.79. The smallest absolute Gasteiger partial charge is 0.327 e. The lowest BCUT2D eigenvalue weighted by atomic mass is 9.94. The molecule has 40 heavy (non-hydrogen) atoms. The first-order valence-electron chi connectivity index (χ1n) is 11.6. The summed E-state index contributed by atoms with van der Waals surface area (Å²) in [6, 6.07) is 2.12. The molecule has 0 aliphatic carbocycles. The maximum atomic E-state index is 13.7. The van der Waals surface area contributed by atoms with Gasteiger partial charge in [-0.05, 0) is 65.9 Å². The Morgan fingerprint density at radius 1 is 0.950 bits per heavy atom. The minimum Gasteiger partial charge on any atom is -0.327 e. The van der Waals surface area contributed by atoms with Crippen LogP contribution in [-0.4, -0.2) is 33.2 Å². The van der Waals surface area contributed by atoms with Gasteiger partial charge in [0.2, 0.25) is 0 Å². The number of carbonyl (C=O) groups excluding carboxylic acids is 1. The van der Waals surface area contributed by atoms with Gasteiger partial charge in [0.1, 0.15) is 0 Å². The third-order valence-electron chi connectivity index (χ3n) is 6.43. The summed E-state index contributed by atoms with van der Waals surface area (Å²) in [6.07, 6.45) is -13.0. The van der Waals surface area contributed by atoms with E-state index >= 15 is 0 Å². The molecule has 2 aromatic carbocycles. The maximum absolute atomic E-state index is 13.7. The molecule has 0 N–H and O–H groups in total. The molecule has 0 saturated carbocycles. The van der Waals surface area contributed by atoms with E-state index in [9.17, 15) is 44.3 Å². The number of fused-ring (bicyclic) bond motifs is 1. The Hall–Kier alpha value is -3.85. The fourth-order valence-electron chi connectivity index (χ4n) is 4.68. The van der Waals surface area contributed by atoms with E-state index in [4.69, 9.17) is 0 Å². The zero-order valence-corrected chi connectivity index (χ0v) is 20.8. The molecule has 1 aliphatic heterocycles. The molecule has 215 valence electrons. The van der Waals surface area contributed by atoms with E-state index < -0.39 is 53.4 Å². The van der Waals surface area contributed by atoms with Crippen molar-refractivity contribution in [2.45, 2.75) is 50.9 Å². The first kappa shape index (κ1) is 29.1. The van der Waals surface area contributed by atoms with Gasteiger partial charge in [-0.3, -0.25) is 4.79 Å². The fraction of sp³-hybridized carbons (Fsp3) is 0.417. The van der Waals surface area contributed by atoms with E-state index in [0.29, 0.717) is 12.1 Å². The second kappa shape index (κ2) is 10.3. The van der Waals surface area contributed by atoms with Crippen molar-refractivity contribution in [3.05, 3.63) is 63.7 Å². The van der Waals surface area contributed by atoms with Crippen molar-refractivity contribution in [2.24, 2.45) is 7.05 Å². The standard InChI is InChI=1S/C24H20F9N6O/c1-13-6-17-19(4-3-5-38(12-40)20(17)10-18(13)24(31,32)33)39(21-34-36-37(2)35-21)11-14-7-15(22(25,26)27)9-16(8-14)23(28,29)30/h6-10,19H,3-5,11H2,1-2H3/t19-/m0/s1. The Morgan fingerprint density at radius 3 is 2.08 bits per heavy atom. The molecule has 3 aromatic rings. The largest absolute Gasteiger partial charge is 0.416 e. The Kier molecular flexibility index (Phi) is 7.49. The summed E-state index contributed by atoms with van der Waals surface area (Å²) in [7, 11) is 1.38. The summed E-state index contributed by atoms with van der Waals surface area (Å²) < 4.78 is 122. The van der Waals surface area contributed by atoms with Gasteiger partial charge in [-0.1, -0.05) is 11.2 Å². The van der Waals surface area contributed by atoms with Crippen molar-refractivity contribution in [2.75, 3.05) is 16.3 Å². The number of alkyl halides is 9. The number of aryl methyl sites for hydroxylation is 2. The van der Waals surface area contributed by atoms with Crippen LogP contribution in [-0.2, 0) is 36.9 Å². The van der Waals surface area contributed by atoms with Crippen molar-refractivity contribution in [1.82, 2.24) is 20.2 Å².